The van der Waals surface area contributed by atoms with Crippen LogP contribution in [0.15, 0.2) is 23.4 Å². The third-order valence-corrected chi connectivity index (χ3v) is 5.10. The lowest BCUT2D eigenvalue weighted by molar-refractivity contribution is -0.149. The van der Waals surface area contributed by atoms with Gasteiger partial charge in [-0.1, -0.05) is 25.7 Å². The molecule has 0 saturated heterocycles. The number of hydrogen-bond acceptors (Lipinski definition) is 4. The van der Waals surface area contributed by atoms with E-state index >= 15 is 0 Å². The van der Waals surface area contributed by atoms with Crippen LogP contribution in [0.25, 0.3) is 6.08 Å². The second kappa shape index (κ2) is 5.80. The number of esters is 1. The monoisotopic (exact) mass is 320 g/mol. The molecule has 4 nitrogen and oxygen atoms in total. The summed E-state index contributed by atoms with van der Waals surface area (Å²) >= 11 is 0. The third-order valence-electron chi connectivity index (χ3n) is 3.13. The van der Waals surface area contributed by atoms with Gasteiger partial charge in [-0.2, -0.15) is 0 Å². The first-order valence-corrected chi connectivity index (χ1v) is 10.9. The van der Waals surface area contributed by atoms with Crippen LogP contribution in [0.2, 0.25) is 19.6 Å². The topological polar surface area (TPSA) is 44.8 Å². The fourth-order valence-corrected chi connectivity index (χ4v) is 3.35. The molecule has 120 valence electrons. The van der Waals surface area contributed by atoms with Crippen molar-refractivity contribution in [1.82, 2.24) is 0 Å². The van der Waals surface area contributed by atoms with Gasteiger partial charge in [0.25, 0.3) is 0 Å². The normalized spacial score (nSPS) is 14.9. The summed E-state index contributed by atoms with van der Waals surface area (Å²) in [4.78, 5) is 12.5. The van der Waals surface area contributed by atoms with E-state index in [1.54, 1.807) is 0 Å². The molecule has 5 heteroatoms. The van der Waals surface area contributed by atoms with E-state index in [0.717, 1.165) is 16.5 Å². The molecule has 1 aliphatic heterocycles. The van der Waals surface area contributed by atoms with Crippen molar-refractivity contribution in [1.29, 1.82) is 0 Å². The number of hydrogen-bond donors (Lipinski definition) is 0. The fraction of sp³-hybridized carbons (Fsp3) is 0.471. The molecule has 1 aromatic carbocycles. The Labute approximate surface area is 133 Å². The van der Waals surface area contributed by atoms with Gasteiger partial charge >= 0.3 is 5.97 Å². The Balaban J connectivity index is 2.35. The molecular formula is C17H24O4Si. The van der Waals surface area contributed by atoms with Crippen molar-refractivity contribution in [2.24, 2.45) is 0 Å². The van der Waals surface area contributed by atoms with Gasteiger partial charge < -0.3 is 14.2 Å². The van der Waals surface area contributed by atoms with Gasteiger partial charge in [0.05, 0.1) is 8.07 Å². The summed E-state index contributed by atoms with van der Waals surface area (Å²) in [5, 5.41) is 0.765. The maximum Gasteiger partial charge on any atom is 0.330 e. The molecule has 0 amide bonds. The Morgan fingerprint density at radius 2 is 1.82 bits per heavy atom. The molecule has 0 atom stereocenters. The summed E-state index contributed by atoms with van der Waals surface area (Å²) in [6.45, 7) is 12.3. The SMILES string of the molecule is CC(C)(C)OC(=O)/C(=C/c1ccc2c(c1)OCO2)[Si](C)(C)C. The Hall–Kier alpha value is -1.75. The molecule has 0 aromatic heterocycles. The van der Waals surface area contributed by atoms with E-state index in [4.69, 9.17) is 14.2 Å². The highest BCUT2D eigenvalue weighted by atomic mass is 28.3. The second-order valence-electron chi connectivity index (χ2n) is 7.42. The van der Waals surface area contributed by atoms with Crippen molar-refractivity contribution in [2.45, 2.75) is 46.0 Å². The third kappa shape index (κ3) is 4.13. The smallest absolute Gasteiger partial charge is 0.330 e. The predicted octanol–water partition coefficient (Wildman–Crippen LogP) is 4.02. The molecule has 0 radical (unpaired) electrons. The first-order valence-electron chi connectivity index (χ1n) is 7.41. The van der Waals surface area contributed by atoms with Crippen LogP contribution in [0, 0.1) is 0 Å². The van der Waals surface area contributed by atoms with Crippen LogP contribution in [0.4, 0.5) is 0 Å². The molecule has 2 rings (SSSR count). The van der Waals surface area contributed by atoms with Crippen LogP contribution in [-0.4, -0.2) is 26.4 Å². The van der Waals surface area contributed by atoms with Gasteiger partial charge in [-0.05, 0) is 44.5 Å². The summed E-state index contributed by atoms with van der Waals surface area (Å²) in [7, 11) is -1.84. The van der Waals surface area contributed by atoms with Gasteiger partial charge in [0.15, 0.2) is 11.5 Å². The van der Waals surface area contributed by atoms with Crippen molar-refractivity contribution in [3.63, 3.8) is 0 Å². The standard InChI is InChI=1S/C17H24O4Si/c1-17(2,3)21-16(18)15(22(4,5)6)10-12-7-8-13-14(9-12)20-11-19-13/h7-10H,11H2,1-6H3/b15-10-. The molecular weight excluding hydrogens is 296 g/mol. The lowest BCUT2D eigenvalue weighted by Gasteiger charge is -2.25. The number of rotatable bonds is 3. The van der Waals surface area contributed by atoms with Crippen molar-refractivity contribution in [3.8, 4) is 11.5 Å². The van der Waals surface area contributed by atoms with Crippen LogP contribution in [0.3, 0.4) is 0 Å². The Morgan fingerprint density at radius 3 is 2.41 bits per heavy atom. The van der Waals surface area contributed by atoms with E-state index in [-0.39, 0.29) is 12.8 Å². The molecule has 1 aromatic rings. The second-order valence-corrected chi connectivity index (χ2v) is 12.5. The van der Waals surface area contributed by atoms with Crippen LogP contribution < -0.4 is 9.47 Å². The zero-order valence-electron chi connectivity index (χ0n) is 14.1. The van der Waals surface area contributed by atoms with E-state index in [9.17, 15) is 4.79 Å². The number of carbonyl (C=O) groups excluding carboxylic acids is 1. The van der Waals surface area contributed by atoms with Gasteiger partial charge in [0.2, 0.25) is 6.79 Å². The van der Waals surface area contributed by atoms with Crippen molar-refractivity contribution < 1.29 is 19.0 Å². The Bertz CT molecular complexity index is 606. The fourth-order valence-electron chi connectivity index (χ4n) is 2.08. The van der Waals surface area contributed by atoms with Crippen molar-refractivity contribution in [3.05, 3.63) is 29.0 Å². The number of fused-ring (bicyclic) bond motifs is 1. The molecule has 0 aliphatic carbocycles. The highest BCUT2D eigenvalue weighted by Gasteiger charge is 2.30. The van der Waals surface area contributed by atoms with E-state index in [1.165, 1.54) is 0 Å². The zero-order chi connectivity index (χ0) is 16.5. The van der Waals surface area contributed by atoms with Gasteiger partial charge in [-0.15, -0.1) is 0 Å². The Morgan fingerprint density at radius 1 is 1.18 bits per heavy atom. The van der Waals surface area contributed by atoms with Crippen LogP contribution >= 0.6 is 0 Å². The summed E-state index contributed by atoms with van der Waals surface area (Å²) in [5.74, 6) is 1.22. The zero-order valence-corrected chi connectivity index (χ0v) is 15.1. The van der Waals surface area contributed by atoms with Crippen LogP contribution in [0.1, 0.15) is 26.3 Å². The predicted molar refractivity (Wildman–Crippen MR) is 89.7 cm³/mol. The summed E-state index contributed by atoms with van der Waals surface area (Å²) in [5.41, 5.74) is 0.428. The molecule has 1 heterocycles. The van der Waals surface area contributed by atoms with E-state index < -0.39 is 13.7 Å². The maximum atomic E-state index is 12.5. The highest BCUT2D eigenvalue weighted by molar-refractivity contribution is 6.87. The summed E-state index contributed by atoms with van der Waals surface area (Å²) in [6, 6.07) is 5.69. The van der Waals surface area contributed by atoms with Crippen molar-refractivity contribution in [2.75, 3.05) is 6.79 Å². The van der Waals surface area contributed by atoms with Gasteiger partial charge in [0, 0.05) is 5.20 Å². The minimum Gasteiger partial charge on any atom is -0.457 e. The molecule has 0 unspecified atom stereocenters. The molecule has 22 heavy (non-hydrogen) atoms. The molecule has 0 bridgehead atoms. The lowest BCUT2D eigenvalue weighted by atomic mass is 10.2. The minimum atomic E-state index is -1.84. The highest BCUT2D eigenvalue weighted by Crippen LogP contribution is 2.33. The molecule has 0 saturated carbocycles. The first-order chi connectivity index (χ1) is 10.1. The number of benzene rings is 1. The van der Waals surface area contributed by atoms with Crippen LogP contribution in [0.5, 0.6) is 11.5 Å². The maximum absolute atomic E-state index is 12.5. The van der Waals surface area contributed by atoms with E-state index in [1.807, 2.05) is 45.0 Å². The van der Waals surface area contributed by atoms with E-state index in [0.29, 0.717) is 5.75 Å². The molecule has 0 fully saturated rings. The molecule has 1 aliphatic rings. The Kier molecular flexibility index (Phi) is 4.38. The van der Waals surface area contributed by atoms with Gasteiger partial charge in [0.1, 0.15) is 5.60 Å². The van der Waals surface area contributed by atoms with Crippen molar-refractivity contribution >= 4 is 20.1 Å². The summed E-state index contributed by atoms with van der Waals surface area (Å²) < 4.78 is 16.3. The molecule has 0 spiro atoms. The van der Waals surface area contributed by atoms with Gasteiger partial charge in [-0.3, -0.25) is 0 Å². The number of carbonyl (C=O) groups is 1. The first kappa shape index (κ1) is 16.6. The van der Waals surface area contributed by atoms with Gasteiger partial charge in [-0.25, -0.2) is 4.79 Å². The lowest BCUT2D eigenvalue weighted by Crippen LogP contribution is -2.34. The quantitative estimate of drug-likeness (QED) is 0.479. The summed E-state index contributed by atoms with van der Waals surface area (Å²) in [6.07, 6.45) is 1.92. The van der Waals surface area contributed by atoms with E-state index in [2.05, 4.69) is 19.6 Å². The molecule has 0 N–H and O–H groups in total. The minimum absolute atomic E-state index is 0.232. The largest absolute Gasteiger partial charge is 0.457 e. The average Bonchev–Trinajstić information content (AvgIpc) is 2.79. The van der Waals surface area contributed by atoms with Crippen LogP contribution in [-0.2, 0) is 9.53 Å². The average molecular weight is 320 g/mol. The number of ether oxygens (including phenoxy) is 3.